The number of amides is 1. The maximum absolute atomic E-state index is 12.4. The van der Waals surface area contributed by atoms with Gasteiger partial charge in [0.1, 0.15) is 5.75 Å². The maximum atomic E-state index is 12.4. The van der Waals surface area contributed by atoms with Crippen LogP contribution in [-0.2, 0) is 0 Å². The molecule has 0 aliphatic carbocycles. The summed E-state index contributed by atoms with van der Waals surface area (Å²) in [6.07, 6.45) is 0. The van der Waals surface area contributed by atoms with Gasteiger partial charge in [0.25, 0.3) is 5.91 Å². The third-order valence-electron chi connectivity index (χ3n) is 3.44. The summed E-state index contributed by atoms with van der Waals surface area (Å²) in [6, 6.07) is 11.2. The Labute approximate surface area is 146 Å². The van der Waals surface area contributed by atoms with E-state index in [-0.39, 0.29) is 5.91 Å². The molecule has 0 aliphatic rings. The molecule has 1 amide bonds. The van der Waals surface area contributed by atoms with E-state index < -0.39 is 0 Å². The summed E-state index contributed by atoms with van der Waals surface area (Å²) in [5.41, 5.74) is 3.53. The molecule has 0 aliphatic heterocycles. The third-order valence-corrected chi connectivity index (χ3v) is 3.89. The van der Waals surface area contributed by atoms with Gasteiger partial charge in [-0.3, -0.25) is 4.79 Å². The minimum Gasteiger partial charge on any atom is -0.493 e. The molecule has 0 spiro atoms. The van der Waals surface area contributed by atoms with Crippen LogP contribution in [0.15, 0.2) is 40.9 Å². The molecular formula is C19H22BrNO2. The number of hydrogen-bond acceptors (Lipinski definition) is 2. The minimum atomic E-state index is -0.117. The lowest BCUT2D eigenvalue weighted by Gasteiger charge is -2.13. The Kier molecular flexibility index (Phi) is 5.83. The molecule has 2 aromatic carbocycles. The highest BCUT2D eigenvalue weighted by atomic mass is 79.9. The van der Waals surface area contributed by atoms with E-state index in [1.165, 1.54) is 0 Å². The zero-order valence-electron chi connectivity index (χ0n) is 13.9. The van der Waals surface area contributed by atoms with Crippen LogP contribution in [0.5, 0.6) is 5.75 Å². The highest BCUT2D eigenvalue weighted by molar-refractivity contribution is 9.10. The Bertz CT molecular complexity index is 670. The second kappa shape index (κ2) is 7.64. The van der Waals surface area contributed by atoms with Crippen molar-refractivity contribution < 1.29 is 9.53 Å². The largest absolute Gasteiger partial charge is 0.493 e. The molecule has 0 radical (unpaired) electrons. The summed E-state index contributed by atoms with van der Waals surface area (Å²) in [6.45, 7) is 8.84. The number of anilines is 1. The van der Waals surface area contributed by atoms with Gasteiger partial charge in [-0.1, -0.05) is 29.8 Å². The Morgan fingerprint density at radius 3 is 2.22 bits per heavy atom. The Morgan fingerprint density at radius 1 is 1.13 bits per heavy atom. The molecule has 0 saturated carbocycles. The number of benzene rings is 2. The van der Waals surface area contributed by atoms with E-state index in [9.17, 15) is 4.79 Å². The quantitative estimate of drug-likeness (QED) is 0.764. The molecule has 122 valence electrons. The van der Waals surface area contributed by atoms with Crippen LogP contribution in [0.25, 0.3) is 0 Å². The molecule has 0 aromatic heterocycles. The van der Waals surface area contributed by atoms with Crippen molar-refractivity contribution in [3.63, 3.8) is 0 Å². The summed E-state index contributed by atoms with van der Waals surface area (Å²) in [7, 11) is 0. The number of carbonyl (C=O) groups is 1. The first-order chi connectivity index (χ1) is 10.9. The highest BCUT2D eigenvalue weighted by Crippen LogP contribution is 2.25. The molecule has 23 heavy (non-hydrogen) atoms. The van der Waals surface area contributed by atoms with Gasteiger partial charge in [-0.15, -0.1) is 0 Å². The fourth-order valence-electron chi connectivity index (χ4n) is 2.26. The Morgan fingerprint density at radius 2 is 1.70 bits per heavy atom. The maximum Gasteiger partial charge on any atom is 0.255 e. The molecule has 0 bridgehead atoms. The predicted molar refractivity (Wildman–Crippen MR) is 98.3 cm³/mol. The lowest BCUT2D eigenvalue weighted by Crippen LogP contribution is -2.14. The van der Waals surface area contributed by atoms with Gasteiger partial charge in [0, 0.05) is 15.7 Å². The van der Waals surface area contributed by atoms with E-state index in [2.05, 4.69) is 35.1 Å². The number of nitrogens with one attached hydrogen (secondary N) is 1. The number of ether oxygens (including phenoxy) is 1. The normalized spacial score (nSPS) is 10.7. The molecule has 2 aromatic rings. The third kappa shape index (κ3) is 4.83. The number of rotatable bonds is 5. The van der Waals surface area contributed by atoms with Crippen LogP contribution in [0.4, 0.5) is 5.69 Å². The first-order valence-electron chi connectivity index (χ1n) is 7.67. The van der Waals surface area contributed by atoms with E-state index >= 15 is 0 Å². The topological polar surface area (TPSA) is 38.3 Å². The average molecular weight is 376 g/mol. The van der Waals surface area contributed by atoms with Crippen LogP contribution in [0.1, 0.15) is 35.3 Å². The van der Waals surface area contributed by atoms with Crippen molar-refractivity contribution in [2.24, 2.45) is 5.92 Å². The zero-order chi connectivity index (χ0) is 17.0. The number of hydrogen-bond donors (Lipinski definition) is 1. The van der Waals surface area contributed by atoms with Crippen molar-refractivity contribution in [1.29, 1.82) is 0 Å². The first-order valence-corrected chi connectivity index (χ1v) is 8.47. The molecular weight excluding hydrogens is 354 g/mol. The van der Waals surface area contributed by atoms with Gasteiger partial charge in [-0.25, -0.2) is 0 Å². The van der Waals surface area contributed by atoms with Crippen LogP contribution in [0.2, 0.25) is 0 Å². The summed E-state index contributed by atoms with van der Waals surface area (Å²) in [5, 5.41) is 2.99. The van der Waals surface area contributed by atoms with Crippen LogP contribution in [0, 0.1) is 19.8 Å². The van der Waals surface area contributed by atoms with Crippen molar-refractivity contribution in [1.82, 2.24) is 0 Å². The van der Waals surface area contributed by atoms with E-state index in [0.29, 0.717) is 18.1 Å². The first kappa shape index (κ1) is 17.5. The summed E-state index contributed by atoms with van der Waals surface area (Å²) < 4.78 is 6.65. The molecule has 3 nitrogen and oxygen atoms in total. The molecule has 0 fully saturated rings. The fourth-order valence-corrected chi connectivity index (χ4v) is 2.95. The highest BCUT2D eigenvalue weighted by Gasteiger charge is 2.11. The lowest BCUT2D eigenvalue weighted by atomic mass is 10.1. The zero-order valence-corrected chi connectivity index (χ0v) is 15.5. The van der Waals surface area contributed by atoms with E-state index in [4.69, 9.17) is 4.74 Å². The molecule has 0 saturated heterocycles. The molecule has 0 unspecified atom stereocenters. The smallest absolute Gasteiger partial charge is 0.255 e. The van der Waals surface area contributed by atoms with Crippen molar-refractivity contribution >= 4 is 27.5 Å². The van der Waals surface area contributed by atoms with Gasteiger partial charge in [-0.2, -0.15) is 0 Å². The fraction of sp³-hybridized carbons (Fsp3) is 0.316. The number of aryl methyl sites for hydroxylation is 2. The van der Waals surface area contributed by atoms with Gasteiger partial charge in [-0.05, 0) is 67.3 Å². The van der Waals surface area contributed by atoms with E-state index in [1.807, 2.05) is 38.1 Å². The van der Waals surface area contributed by atoms with Crippen LogP contribution < -0.4 is 10.1 Å². The van der Waals surface area contributed by atoms with Crippen molar-refractivity contribution in [2.75, 3.05) is 11.9 Å². The van der Waals surface area contributed by atoms with Gasteiger partial charge >= 0.3 is 0 Å². The molecule has 1 N–H and O–H groups in total. The number of carbonyl (C=O) groups excluding carboxylic acids is 1. The minimum absolute atomic E-state index is 0.117. The molecule has 2 rings (SSSR count). The van der Waals surface area contributed by atoms with Gasteiger partial charge in [0.15, 0.2) is 0 Å². The second-order valence-corrected chi connectivity index (χ2v) is 7.01. The summed E-state index contributed by atoms with van der Waals surface area (Å²) in [4.78, 5) is 12.4. The standard InChI is InChI=1S/C19H22BrNO2/c1-12(2)11-23-17-7-5-15(6-8-17)19(22)21-18-13(3)9-16(20)10-14(18)4/h5-10,12H,11H2,1-4H3,(H,21,22). The van der Waals surface area contributed by atoms with Crippen molar-refractivity contribution in [3.05, 3.63) is 57.6 Å². The Balaban J connectivity index is 2.09. The molecule has 0 atom stereocenters. The lowest BCUT2D eigenvalue weighted by molar-refractivity contribution is 0.102. The van der Waals surface area contributed by atoms with Gasteiger partial charge in [0.05, 0.1) is 6.61 Å². The van der Waals surface area contributed by atoms with Crippen molar-refractivity contribution in [2.45, 2.75) is 27.7 Å². The van der Waals surface area contributed by atoms with E-state index in [1.54, 1.807) is 12.1 Å². The van der Waals surface area contributed by atoms with Crippen LogP contribution in [-0.4, -0.2) is 12.5 Å². The molecule has 0 heterocycles. The van der Waals surface area contributed by atoms with Gasteiger partial charge < -0.3 is 10.1 Å². The van der Waals surface area contributed by atoms with Crippen molar-refractivity contribution in [3.8, 4) is 5.75 Å². The van der Waals surface area contributed by atoms with Crippen LogP contribution >= 0.6 is 15.9 Å². The number of halogens is 1. The van der Waals surface area contributed by atoms with Gasteiger partial charge in [0.2, 0.25) is 0 Å². The predicted octanol–water partition coefficient (Wildman–Crippen LogP) is 5.35. The summed E-state index contributed by atoms with van der Waals surface area (Å²) >= 11 is 3.46. The monoisotopic (exact) mass is 375 g/mol. The second-order valence-electron chi connectivity index (χ2n) is 6.10. The summed E-state index contributed by atoms with van der Waals surface area (Å²) in [5.74, 6) is 1.14. The SMILES string of the molecule is Cc1cc(Br)cc(C)c1NC(=O)c1ccc(OCC(C)C)cc1. The van der Waals surface area contributed by atoms with E-state index in [0.717, 1.165) is 27.0 Å². The molecule has 4 heteroatoms. The Hall–Kier alpha value is -1.81. The average Bonchev–Trinajstić information content (AvgIpc) is 2.49. The van der Waals surface area contributed by atoms with Crippen LogP contribution in [0.3, 0.4) is 0 Å².